The van der Waals surface area contributed by atoms with Crippen LogP contribution in [0.4, 0.5) is 0 Å². The van der Waals surface area contributed by atoms with Crippen LogP contribution in [0.1, 0.15) is 42.5 Å². The van der Waals surface area contributed by atoms with Crippen LogP contribution in [-0.4, -0.2) is 57.5 Å². The lowest BCUT2D eigenvalue weighted by Gasteiger charge is -2.27. The molecule has 2 aliphatic rings. The standard InChI is InChI=1S/C23H30O6/c1-3-14-26-21-20(27-15-17-10-6-4-7-11-17)19(29-23(21)25-2)16-28-22(24)18-12-8-5-9-13-18/h1,5,8-9,12-13,17,19-21,23H,4,6-7,10-11,14-16H2,2H3/t19-,20-,21-,23-/m1/s1. The van der Waals surface area contributed by atoms with Crippen LogP contribution in [0.5, 0.6) is 0 Å². The Hall–Kier alpha value is -1.91. The van der Waals surface area contributed by atoms with Gasteiger partial charge in [-0.3, -0.25) is 0 Å². The molecule has 1 aliphatic carbocycles. The van der Waals surface area contributed by atoms with E-state index in [1.807, 2.05) is 6.07 Å². The monoisotopic (exact) mass is 402 g/mol. The van der Waals surface area contributed by atoms with Crippen molar-refractivity contribution in [1.82, 2.24) is 0 Å². The van der Waals surface area contributed by atoms with Crippen molar-refractivity contribution >= 4 is 5.97 Å². The molecule has 0 bridgehead atoms. The van der Waals surface area contributed by atoms with Gasteiger partial charge in [-0.15, -0.1) is 6.42 Å². The average Bonchev–Trinajstić information content (AvgIpc) is 3.12. The lowest BCUT2D eigenvalue weighted by atomic mass is 9.90. The van der Waals surface area contributed by atoms with Gasteiger partial charge in [0, 0.05) is 7.11 Å². The minimum atomic E-state index is -0.625. The summed E-state index contributed by atoms with van der Waals surface area (Å²) in [5, 5.41) is 0. The molecule has 0 unspecified atom stereocenters. The molecule has 0 spiro atoms. The van der Waals surface area contributed by atoms with E-state index in [4.69, 9.17) is 30.1 Å². The van der Waals surface area contributed by atoms with Crippen LogP contribution in [0.25, 0.3) is 0 Å². The third kappa shape index (κ3) is 6.03. The average molecular weight is 402 g/mol. The molecule has 3 rings (SSSR count). The summed E-state index contributed by atoms with van der Waals surface area (Å²) in [5.74, 6) is 2.61. The molecule has 0 N–H and O–H groups in total. The SMILES string of the molecule is C#CCO[C@H]1[C@H](OC)O[C@H](COC(=O)c2ccccc2)[C@H]1OCC1CCCCC1. The van der Waals surface area contributed by atoms with Crippen LogP contribution >= 0.6 is 0 Å². The quantitative estimate of drug-likeness (QED) is 0.467. The highest BCUT2D eigenvalue weighted by Crippen LogP contribution is 2.30. The van der Waals surface area contributed by atoms with Crippen LogP contribution in [0.15, 0.2) is 30.3 Å². The molecule has 0 aromatic heterocycles. The predicted molar refractivity (Wildman–Crippen MR) is 107 cm³/mol. The molecule has 29 heavy (non-hydrogen) atoms. The molecular formula is C23H30O6. The Labute approximate surface area is 172 Å². The Morgan fingerprint density at radius 1 is 1.10 bits per heavy atom. The van der Waals surface area contributed by atoms with Crippen molar-refractivity contribution in [1.29, 1.82) is 0 Å². The van der Waals surface area contributed by atoms with E-state index in [0.717, 1.165) is 0 Å². The Morgan fingerprint density at radius 3 is 2.55 bits per heavy atom. The van der Waals surface area contributed by atoms with Gasteiger partial charge in [-0.2, -0.15) is 0 Å². The van der Waals surface area contributed by atoms with E-state index in [1.165, 1.54) is 32.1 Å². The summed E-state index contributed by atoms with van der Waals surface area (Å²) in [6, 6.07) is 8.87. The van der Waals surface area contributed by atoms with E-state index in [2.05, 4.69) is 5.92 Å². The van der Waals surface area contributed by atoms with Crippen molar-refractivity contribution in [2.45, 2.75) is 56.7 Å². The zero-order valence-electron chi connectivity index (χ0n) is 17.0. The first-order valence-electron chi connectivity index (χ1n) is 10.3. The molecular weight excluding hydrogens is 372 g/mol. The second-order valence-corrected chi connectivity index (χ2v) is 7.52. The number of ether oxygens (including phenoxy) is 5. The molecule has 4 atom stereocenters. The molecule has 1 aromatic carbocycles. The normalized spacial score (nSPS) is 27.4. The number of carbonyl (C=O) groups is 1. The third-order valence-corrected chi connectivity index (χ3v) is 5.50. The summed E-state index contributed by atoms with van der Waals surface area (Å²) < 4.78 is 28.9. The molecule has 0 radical (unpaired) electrons. The van der Waals surface area contributed by atoms with Gasteiger partial charge < -0.3 is 23.7 Å². The van der Waals surface area contributed by atoms with E-state index in [1.54, 1.807) is 31.4 Å². The maximum Gasteiger partial charge on any atom is 0.338 e. The highest BCUT2D eigenvalue weighted by molar-refractivity contribution is 5.89. The predicted octanol–water partition coefficient (Wildman–Crippen LogP) is 3.20. The van der Waals surface area contributed by atoms with Gasteiger partial charge in [0.2, 0.25) is 0 Å². The summed E-state index contributed by atoms with van der Waals surface area (Å²) in [6.45, 7) is 0.816. The van der Waals surface area contributed by atoms with Crippen molar-refractivity contribution in [2.75, 3.05) is 26.9 Å². The molecule has 158 valence electrons. The number of methoxy groups -OCH3 is 1. The van der Waals surface area contributed by atoms with E-state index < -0.39 is 30.6 Å². The second kappa shape index (κ2) is 11.3. The largest absolute Gasteiger partial charge is 0.459 e. The fourth-order valence-corrected chi connectivity index (χ4v) is 3.95. The first kappa shape index (κ1) is 21.8. The van der Waals surface area contributed by atoms with E-state index in [-0.39, 0.29) is 13.2 Å². The van der Waals surface area contributed by atoms with Gasteiger partial charge >= 0.3 is 5.97 Å². The number of terminal acetylenes is 1. The number of hydrogen-bond donors (Lipinski definition) is 0. The molecule has 1 heterocycles. The summed E-state index contributed by atoms with van der Waals surface area (Å²) in [5.41, 5.74) is 0.494. The lowest BCUT2D eigenvalue weighted by molar-refractivity contribution is -0.163. The maximum atomic E-state index is 12.3. The van der Waals surface area contributed by atoms with Crippen LogP contribution in [0, 0.1) is 18.3 Å². The Bertz CT molecular complexity index is 664. The van der Waals surface area contributed by atoms with Crippen LogP contribution < -0.4 is 0 Å². The maximum absolute atomic E-state index is 12.3. The van der Waals surface area contributed by atoms with Crippen molar-refractivity contribution in [2.24, 2.45) is 5.92 Å². The third-order valence-electron chi connectivity index (χ3n) is 5.50. The molecule has 6 nitrogen and oxygen atoms in total. The van der Waals surface area contributed by atoms with Crippen molar-refractivity contribution in [3.63, 3.8) is 0 Å². The second-order valence-electron chi connectivity index (χ2n) is 7.52. The van der Waals surface area contributed by atoms with Gasteiger partial charge in [0.05, 0.1) is 12.2 Å². The van der Waals surface area contributed by atoms with Crippen LogP contribution in [0.3, 0.4) is 0 Å². The number of rotatable bonds is 9. The van der Waals surface area contributed by atoms with Crippen molar-refractivity contribution < 1.29 is 28.5 Å². The Morgan fingerprint density at radius 2 is 1.86 bits per heavy atom. The topological polar surface area (TPSA) is 63.2 Å². The van der Waals surface area contributed by atoms with Crippen molar-refractivity contribution in [3.05, 3.63) is 35.9 Å². The van der Waals surface area contributed by atoms with Gasteiger partial charge in [0.1, 0.15) is 31.5 Å². The molecule has 6 heteroatoms. The molecule has 2 fully saturated rings. The smallest absolute Gasteiger partial charge is 0.338 e. The highest BCUT2D eigenvalue weighted by atomic mass is 16.7. The summed E-state index contributed by atoms with van der Waals surface area (Å²) in [6.07, 6.45) is 9.48. The number of esters is 1. The number of benzene rings is 1. The summed E-state index contributed by atoms with van der Waals surface area (Å²) in [7, 11) is 1.55. The summed E-state index contributed by atoms with van der Waals surface area (Å²) in [4.78, 5) is 12.3. The van der Waals surface area contributed by atoms with Gasteiger partial charge in [-0.25, -0.2) is 4.79 Å². The molecule has 1 aromatic rings. The van der Waals surface area contributed by atoms with Gasteiger partial charge in [0.25, 0.3) is 0 Å². The molecule has 0 amide bonds. The summed E-state index contributed by atoms with van der Waals surface area (Å²) >= 11 is 0. The minimum absolute atomic E-state index is 0.0544. The van der Waals surface area contributed by atoms with Gasteiger partial charge in [-0.05, 0) is 30.9 Å². The Balaban J connectivity index is 1.63. The van der Waals surface area contributed by atoms with Crippen LogP contribution in [-0.2, 0) is 23.7 Å². The minimum Gasteiger partial charge on any atom is -0.459 e. The lowest BCUT2D eigenvalue weighted by Crippen LogP contribution is -2.41. The molecule has 1 aliphatic heterocycles. The first-order valence-corrected chi connectivity index (χ1v) is 10.3. The van der Waals surface area contributed by atoms with Gasteiger partial charge in [-0.1, -0.05) is 43.4 Å². The molecule has 1 saturated carbocycles. The highest BCUT2D eigenvalue weighted by Gasteiger charge is 2.47. The van der Waals surface area contributed by atoms with E-state index >= 15 is 0 Å². The van der Waals surface area contributed by atoms with Crippen LogP contribution in [0.2, 0.25) is 0 Å². The van der Waals surface area contributed by atoms with E-state index in [0.29, 0.717) is 18.1 Å². The molecule has 1 saturated heterocycles. The zero-order chi connectivity index (χ0) is 20.5. The fourth-order valence-electron chi connectivity index (χ4n) is 3.95. The van der Waals surface area contributed by atoms with Gasteiger partial charge in [0.15, 0.2) is 6.29 Å². The van der Waals surface area contributed by atoms with E-state index in [9.17, 15) is 4.79 Å². The first-order chi connectivity index (χ1) is 14.2. The fraction of sp³-hybridized carbons (Fsp3) is 0.609. The number of carbonyl (C=O) groups excluding carboxylic acids is 1. The van der Waals surface area contributed by atoms with Crippen molar-refractivity contribution in [3.8, 4) is 12.3 Å². The number of hydrogen-bond acceptors (Lipinski definition) is 6. The Kier molecular flexibility index (Phi) is 8.51. The zero-order valence-corrected chi connectivity index (χ0v) is 17.0.